The minimum absolute atomic E-state index is 0.113. The van der Waals surface area contributed by atoms with E-state index in [0.717, 1.165) is 38.2 Å². The van der Waals surface area contributed by atoms with E-state index in [2.05, 4.69) is 15.9 Å². The molecular weight excluding hydrogens is 306 g/mol. The molecule has 2 bridgehead atoms. The zero-order chi connectivity index (χ0) is 17.1. The van der Waals surface area contributed by atoms with E-state index in [4.69, 9.17) is 0 Å². The van der Waals surface area contributed by atoms with Gasteiger partial charge >= 0.3 is 0 Å². The lowest BCUT2D eigenvalue weighted by Crippen LogP contribution is -2.43. The highest BCUT2D eigenvalue weighted by Crippen LogP contribution is 2.30. The van der Waals surface area contributed by atoms with Crippen molar-refractivity contribution in [3.63, 3.8) is 0 Å². The average Bonchev–Trinajstić information content (AvgIpc) is 2.89. The standard InChI is InChI=1S/C18H23N3O3/c1-2-18(22)20-12-15-10-17(20)13-19(11-15)8-4-6-14-5-3-7-16(9-14)21(23)24/h3-7,9,15,17H,2,8,10-13H2,1H3/b6-4+. The number of rotatable bonds is 5. The maximum absolute atomic E-state index is 12.0. The number of likely N-dealkylation sites (tertiary alicyclic amines) is 2. The summed E-state index contributed by atoms with van der Waals surface area (Å²) in [5.41, 5.74) is 0.953. The molecule has 6 heteroatoms. The van der Waals surface area contributed by atoms with Crippen molar-refractivity contribution in [3.8, 4) is 0 Å². The summed E-state index contributed by atoms with van der Waals surface area (Å²) in [5, 5.41) is 10.8. The molecule has 0 aliphatic carbocycles. The van der Waals surface area contributed by atoms with Gasteiger partial charge in [-0.3, -0.25) is 19.8 Å². The summed E-state index contributed by atoms with van der Waals surface area (Å²) in [5.74, 6) is 0.835. The molecule has 2 atom stereocenters. The van der Waals surface area contributed by atoms with Crippen LogP contribution in [0, 0.1) is 16.0 Å². The van der Waals surface area contributed by atoms with Crippen LogP contribution in [0.1, 0.15) is 25.3 Å². The molecule has 2 unspecified atom stereocenters. The minimum Gasteiger partial charge on any atom is -0.338 e. The molecule has 0 spiro atoms. The first-order valence-electron chi connectivity index (χ1n) is 8.49. The molecule has 1 amide bonds. The van der Waals surface area contributed by atoms with Crippen LogP contribution < -0.4 is 0 Å². The second-order valence-electron chi connectivity index (χ2n) is 6.63. The first-order chi connectivity index (χ1) is 11.6. The molecule has 0 N–H and O–H groups in total. The van der Waals surface area contributed by atoms with E-state index in [1.54, 1.807) is 12.1 Å². The summed E-state index contributed by atoms with van der Waals surface area (Å²) < 4.78 is 0. The molecule has 128 valence electrons. The lowest BCUT2D eigenvalue weighted by molar-refractivity contribution is -0.384. The van der Waals surface area contributed by atoms with Gasteiger partial charge in [-0.2, -0.15) is 0 Å². The average molecular weight is 329 g/mol. The van der Waals surface area contributed by atoms with E-state index in [-0.39, 0.29) is 16.5 Å². The molecule has 2 heterocycles. The maximum atomic E-state index is 12.0. The molecule has 6 nitrogen and oxygen atoms in total. The normalized spacial score (nSPS) is 23.8. The number of carbonyl (C=O) groups is 1. The number of non-ortho nitro benzene ring substituents is 1. The SMILES string of the molecule is CCC(=O)N1CC2CC1CN(C/C=C/c1cccc([N+](=O)[O-])c1)C2. The second-order valence-corrected chi connectivity index (χ2v) is 6.63. The molecular formula is C18H23N3O3. The lowest BCUT2D eigenvalue weighted by atomic mass is 10.00. The van der Waals surface area contributed by atoms with Gasteiger partial charge in [-0.05, 0) is 17.9 Å². The summed E-state index contributed by atoms with van der Waals surface area (Å²) in [4.78, 5) is 26.8. The van der Waals surface area contributed by atoms with Crippen LogP contribution in [0.5, 0.6) is 0 Å². The van der Waals surface area contributed by atoms with Gasteiger partial charge in [0, 0.05) is 50.8 Å². The third-order valence-electron chi connectivity index (χ3n) is 4.86. The molecule has 2 aliphatic heterocycles. The third kappa shape index (κ3) is 3.64. The molecule has 0 radical (unpaired) electrons. The molecule has 1 aromatic rings. The molecule has 0 saturated carbocycles. The summed E-state index contributed by atoms with van der Waals surface area (Å²) in [6.45, 7) is 5.56. The summed E-state index contributed by atoms with van der Waals surface area (Å²) in [7, 11) is 0. The van der Waals surface area contributed by atoms with E-state index in [9.17, 15) is 14.9 Å². The van der Waals surface area contributed by atoms with Crippen LogP contribution >= 0.6 is 0 Å². The molecule has 0 aromatic heterocycles. The Bertz CT molecular complexity index is 659. The van der Waals surface area contributed by atoms with Crippen molar-refractivity contribution in [1.82, 2.24) is 9.80 Å². The zero-order valence-electron chi connectivity index (χ0n) is 13.9. The Morgan fingerprint density at radius 2 is 2.21 bits per heavy atom. The highest BCUT2D eigenvalue weighted by Gasteiger charge is 2.39. The van der Waals surface area contributed by atoms with Gasteiger partial charge in [-0.1, -0.05) is 31.2 Å². The quantitative estimate of drug-likeness (QED) is 0.615. The second kappa shape index (κ2) is 7.13. The Labute approximate surface area is 141 Å². The van der Waals surface area contributed by atoms with Gasteiger partial charge in [0.2, 0.25) is 5.91 Å². The number of nitrogens with zero attached hydrogens (tertiary/aromatic N) is 3. The molecule has 2 fully saturated rings. The van der Waals surface area contributed by atoms with Crippen LogP contribution in [0.3, 0.4) is 0 Å². The number of amides is 1. The fourth-order valence-electron chi connectivity index (χ4n) is 3.79. The van der Waals surface area contributed by atoms with Crippen molar-refractivity contribution in [1.29, 1.82) is 0 Å². The Hall–Kier alpha value is -2.21. The Balaban J connectivity index is 1.57. The van der Waals surface area contributed by atoms with Crippen molar-refractivity contribution in [2.45, 2.75) is 25.8 Å². The van der Waals surface area contributed by atoms with Crippen LogP contribution in [-0.4, -0.2) is 52.9 Å². The molecule has 24 heavy (non-hydrogen) atoms. The van der Waals surface area contributed by atoms with Gasteiger partial charge in [0.1, 0.15) is 0 Å². The molecule has 1 aromatic carbocycles. The summed E-state index contributed by atoms with van der Waals surface area (Å²) in [6, 6.07) is 7.00. The smallest absolute Gasteiger partial charge is 0.270 e. The maximum Gasteiger partial charge on any atom is 0.270 e. The zero-order valence-corrected chi connectivity index (χ0v) is 13.9. The monoisotopic (exact) mass is 329 g/mol. The number of piperidine rings is 1. The van der Waals surface area contributed by atoms with Crippen LogP contribution in [-0.2, 0) is 4.79 Å². The van der Waals surface area contributed by atoms with Crippen LogP contribution in [0.25, 0.3) is 6.08 Å². The van der Waals surface area contributed by atoms with Crippen LogP contribution in [0.15, 0.2) is 30.3 Å². The Kier molecular flexibility index (Phi) is 4.94. The van der Waals surface area contributed by atoms with Crippen molar-refractivity contribution in [3.05, 3.63) is 46.0 Å². The van der Waals surface area contributed by atoms with Gasteiger partial charge in [0.15, 0.2) is 0 Å². The summed E-state index contributed by atoms with van der Waals surface area (Å²) in [6.07, 6.45) is 5.68. The topological polar surface area (TPSA) is 66.7 Å². The number of benzene rings is 1. The summed E-state index contributed by atoms with van der Waals surface area (Å²) >= 11 is 0. The van der Waals surface area contributed by atoms with E-state index in [1.165, 1.54) is 6.07 Å². The van der Waals surface area contributed by atoms with E-state index in [0.29, 0.717) is 18.4 Å². The number of carbonyl (C=O) groups excluding carboxylic acids is 1. The van der Waals surface area contributed by atoms with Crippen LogP contribution in [0.2, 0.25) is 0 Å². The van der Waals surface area contributed by atoms with E-state index >= 15 is 0 Å². The van der Waals surface area contributed by atoms with E-state index < -0.39 is 0 Å². The van der Waals surface area contributed by atoms with Crippen molar-refractivity contribution in [2.24, 2.45) is 5.92 Å². The lowest BCUT2D eigenvalue weighted by Gasteiger charge is -2.31. The largest absolute Gasteiger partial charge is 0.338 e. The van der Waals surface area contributed by atoms with Crippen molar-refractivity contribution < 1.29 is 9.72 Å². The highest BCUT2D eigenvalue weighted by atomic mass is 16.6. The molecule has 2 aliphatic rings. The Morgan fingerprint density at radius 1 is 1.38 bits per heavy atom. The number of nitro benzene ring substituents is 1. The first-order valence-corrected chi connectivity index (χ1v) is 8.49. The Morgan fingerprint density at radius 3 is 2.96 bits per heavy atom. The predicted octanol–water partition coefficient (Wildman–Crippen LogP) is 2.55. The van der Waals surface area contributed by atoms with Gasteiger partial charge in [0.25, 0.3) is 5.69 Å². The van der Waals surface area contributed by atoms with Gasteiger partial charge in [-0.15, -0.1) is 0 Å². The van der Waals surface area contributed by atoms with Gasteiger partial charge in [-0.25, -0.2) is 0 Å². The number of fused-ring (bicyclic) bond motifs is 2. The molecule has 3 rings (SSSR count). The van der Waals surface area contributed by atoms with Crippen LogP contribution in [0.4, 0.5) is 5.69 Å². The first kappa shape index (κ1) is 16.6. The third-order valence-corrected chi connectivity index (χ3v) is 4.86. The van der Waals surface area contributed by atoms with Crippen molar-refractivity contribution >= 4 is 17.7 Å². The predicted molar refractivity (Wildman–Crippen MR) is 92.5 cm³/mol. The fourth-order valence-corrected chi connectivity index (χ4v) is 3.79. The van der Waals surface area contributed by atoms with Crippen molar-refractivity contribution in [2.75, 3.05) is 26.2 Å². The van der Waals surface area contributed by atoms with E-state index in [1.807, 2.05) is 19.1 Å². The number of hydrogen-bond donors (Lipinski definition) is 0. The minimum atomic E-state index is -0.376. The fraction of sp³-hybridized carbons (Fsp3) is 0.500. The number of hydrogen-bond acceptors (Lipinski definition) is 4. The molecule has 2 saturated heterocycles. The van der Waals surface area contributed by atoms with Gasteiger partial charge < -0.3 is 4.90 Å². The number of nitro groups is 1. The highest BCUT2D eigenvalue weighted by molar-refractivity contribution is 5.76. The van der Waals surface area contributed by atoms with Gasteiger partial charge in [0.05, 0.1) is 4.92 Å².